The quantitative estimate of drug-likeness (QED) is 0.773. The van der Waals surface area contributed by atoms with Crippen molar-refractivity contribution in [3.05, 3.63) is 36.7 Å². The van der Waals surface area contributed by atoms with Gasteiger partial charge in [-0.15, -0.1) is 13.2 Å². The van der Waals surface area contributed by atoms with Crippen molar-refractivity contribution >= 4 is 17.6 Å². The summed E-state index contributed by atoms with van der Waals surface area (Å²) < 4.78 is 40.6. The van der Waals surface area contributed by atoms with Gasteiger partial charge in [-0.1, -0.05) is 18.2 Å². The monoisotopic (exact) mass is 424 g/mol. The maximum atomic E-state index is 12.2. The van der Waals surface area contributed by atoms with E-state index in [9.17, 15) is 13.2 Å². The number of hydrogen-bond donors (Lipinski definition) is 1. The lowest BCUT2D eigenvalue weighted by atomic mass is 9.74. The highest BCUT2D eigenvalue weighted by Crippen LogP contribution is 2.45. The molecule has 1 saturated carbocycles. The number of nitrogens with two attached hydrogens (primary N) is 1. The lowest BCUT2D eigenvalue weighted by molar-refractivity contribution is -0.274. The second-order valence-corrected chi connectivity index (χ2v) is 8.78. The molecule has 0 amide bonds. The molecule has 1 atom stereocenters. The molecular formula is C20H23F3N4OS. The summed E-state index contributed by atoms with van der Waals surface area (Å²) in [6.45, 7) is 1.88. The molecular weight excluding hydrogens is 401 g/mol. The Bertz CT molecular complexity index is 821. The molecule has 0 radical (unpaired) electrons. The van der Waals surface area contributed by atoms with E-state index >= 15 is 0 Å². The van der Waals surface area contributed by atoms with E-state index in [1.54, 1.807) is 24.5 Å². The van der Waals surface area contributed by atoms with Gasteiger partial charge in [0, 0.05) is 24.0 Å². The highest BCUT2D eigenvalue weighted by molar-refractivity contribution is 7.99. The van der Waals surface area contributed by atoms with Crippen LogP contribution in [0.5, 0.6) is 5.75 Å². The fraction of sp³-hybridized carbons (Fsp3) is 0.500. The number of alkyl halides is 3. The summed E-state index contributed by atoms with van der Waals surface area (Å²) in [5.41, 5.74) is 6.66. The number of halogens is 3. The van der Waals surface area contributed by atoms with Crippen molar-refractivity contribution < 1.29 is 17.9 Å². The van der Waals surface area contributed by atoms with Gasteiger partial charge in [0.2, 0.25) is 0 Å². The van der Waals surface area contributed by atoms with E-state index in [-0.39, 0.29) is 5.75 Å². The van der Waals surface area contributed by atoms with Crippen molar-refractivity contribution in [3.63, 3.8) is 0 Å². The first-order chi connectivity index (χ1) is 13.8. The topological polar surface area (TPSA) is 64.3 Å². The standard InChI is InChI=1S/C20H23F3N4OS/c21-20(22,23)28-14-3-5-15(6-4-14)29-18-13-25-17(12-26-18)27-10-8-19(9-11-27)7-1-2-16(19)24/h3-6,12-13,16H,1-2,7-11,24H2/t16-/m1/s1. The third-order valence-electron chi connectivity index (χ3n) is 5.95. The van der Waals surface area contributed by atoms with Gasteiger partial charge in [-0.05, 0) is 55.4 Å². The van der Waals surface area contributed by atoms with Gasteiger partial charge >= 0.3 is 6.36 Å². The first-order valence-corrected chi connectivity index (χ1v) is 10.5. The highest BCUT2D eigenvalue weighted by Gasteiger charge is 2.43. The molecule has 2 aromatic rings. The summed E-state index contributed by atoms with van der Waals surface area (Å²) in [5.74, 6) is 0.609. The number of hydrogen-bond acceptors (Lipinski definition) is 6. The number of anilines is 1. The summed E-state index contributed by atoms with van der Waals surface area (Å²) in [6.07, 6.45) is 4.56. The van der Waals surface area contributed by atoms with Crippen molar-refractivity contribution in [2.45, 2.75) is 54.4 Å². The Morgan fingerprint density at radius 2 is 1.79 bits per heavy atom. The first-order valence-electron chi connectivity index (χ1n) is 9.69. The van der Waals surface area contributed by atoms with Gasteiger partial charge in [0.1, 0.15) is 16.6 Å². The number of nitrogens with zero attached hydrogens (tertiary/aromatic N) is 3. The van der Waals surface area contributed by atoms with Gasteiger partial charge < -0.3 is 15.4 Å². The summed E-state index contributed by atoms with van der Waals surface area (Å²) in [4.78, 5) is 12.0. The van der Waals surface area contributed by atoms with E-state index in [2.05, 4.69) is 19.6 Å². The smallest absolute Gasteiger partial charge is 0.406 e. The van der Waals surface area contributed by atoms with E-state index in [0.717, 1.165) is 43.1 Å². The third kappa shape index (κ3) is 4.78. The normalized spacial score (nSPS) is 21.5. The molecule has 2 heterocycles. The second kappa shape index (κ2) is 8.02. The maximum Gasteiger partial charge on any atom is 0.573 e. The number of aromatic nitrogens is 2. The molecule has 4 rings (SSSR count). The van der Waals surface area contributed by atoms with Gasteiger partial charge in [0.05, 0.1) is 12.4 Å². The minimum Gasteiger partial charge on any atom is -0.406 e. The number of rotatable bonds is 4. The Labute approximate surface area is 171 Å². The van der Waals surface area contributed by atoms with Gasteiger partial charge in [-0.2, -0.15) is 0 Å². The molecule has 2 fully saturated rings. The van der Waals surface area contributed by atoms with E-state index in [1.165, 1.54) is 36.7 Å². The molecule has 1 aromatic heterocycles. The van der Waals surface area contributed by atoms with E-state index in [4.69, 9.17) is 5.73 Å². The zero-order chi connectivity index (χ0) is 20.5. The predicted octanol–water partition coefficient (Wildman–Crippen LogP) is 4.62. The summed E-state index contributed by atoms with van der Waals surface area (Å²) >= 11 is 1.34. The van der Waals surface area contributed by atoms with Crippen molar-refractivity contribution in [1.82, 2.24) is 9.97 Å². The van der Waals surface area contributed by atoms with Crippen LogP contribution in [0.4, 0.5) is 19.0 Å². The predicted molar refractivity (Wildman–Crippen MR) is 105 cm³/mol. The average molecular weight is 424 g/mol. The van der Waals surface area contributed by atoms with Crippen LogP contribution in [-0.2, 0) is 0 Å². The molecule has 2 aliphatic rings. The van der Waals surface area contributed by atoms with Crippen LogP contribution in [0.25, 0.3) is 0 Å². The minimum atomic E-state index is -4.69. The van der Waals surface area contributed by atoms with Gasteiger partial charge in [-0.25, -0.2) is 9.97 Å². The van der Waals surface area contributed by atoms with Gasteiger partial charge in [-0.3, -0.25) is 0 Å². The maximum absolute atomic E-state index is 12.2. The van der Waals surface area contributed by atoms with Crippen LogP contribution in [0.1, 0.15) is 32.1 Å². The Morgan fingerprint density at radius 3 is 2.34 bits per heavy atom. The molecule has 2 N–H and O–H groups in total. The summed E-state index contributed by atoms with van der Waals surface area (Å²) in [7, 11) is 0. The number of piperidine rings is 1. The zero-order valence-corrected chi connectivity index (χ0v) is 16.7. The summed E-state index contributed by atoms with van der Waals surface area (Å²) in [6, 6.07) is 6.03. The lowest BCUT2D eigenvalue weighted by Crippen LogP contribution is -2.47. The van der Waals surface area contributed by atoms with Crippen LogP contribution in [0.15, 0.2) is 46.6 Å². The van der Waals surface area contributed by atoms with Crippen molar-refractivity contribution in [2.75, 3.05) is 18.0 Å². The molecule has 1 saturated heterocycles. The Kier molecular flexibility index (Phi) is 5.61. The molecule has 0 bridgehead atoms. The zero-order valence-electron chi connectivity index (χ0n) is 15.9. The van der Waals surface area contributed by atoms with E-state index in [0.29, 0.717) is 16.5 Å². The molecule has 0 unspecified atom stereocenters. The van der Waals surface area contributed by atoms with Crippen LogP contribution in [-0.4, -0.2) is 35.5 Å². The van der Waals surface area contributed by atoms with Crippen LogP contribution in [0.2, 0.25) is 0 Å². The fourth-order valence-electron chi connectivity index (χ4n) is 4.32. The SMILES string of the molecule is N[C@@H]1CCCC12CCN(c1cnc(Sc3ccc(OC(F)(F)F)cc3)cn1)CC2. The molecule has 1 aliphatic heterocycles. The molecule has 9 heteroatoms. The number of benzene rings is 1. The largest absolute Gasteiger partial charge is 0.573 e. The van der Waals surface area contributed by atoms with Crippen molar-refractivity contribution in [1.29, 1.82) is 0 Å². The van der Waals surface area contributed by atoms with Crippen molar-refractivity contribution in [2.24, 2.45) is 11.1 Å². The minimum absolute atomic E-state index is 0.242. The van der Waals surface area contributed by atoms with E-state index < -0.39 is 6.36 Å². The van der Waals surface area contributed by atoms with Crippen LogP contribution >= 0.6 is 11.8 Å². The summed E-state index contributed by atoms with van der Waals surface area (Å²) in [5, 5.41) is 0.685. The number of ether oxygens (including phenoxy) is 1. The van der Waals surface area contributed by atoms with Crippen LogP contribution in [0, 0.1) is 5.41 Å². The second-order valence-electron chi connectivity index (χ2n) is 7.68. The Morgan fingerprint density at radius 1 is 1.07 bits per heavy atom. The Balaban J connectivity index is 1.34. The Hall–Kier alpha value is -2.00. The molecule has 29 heavy (non-hydrogen) atoms. The molecule has 1 aliphatic carbocycles. The molecule has 5 nitrogen and oxygen atoms in total. The fourth-order valence-corrected chi connectivity index (χ4v) is 5.05. The van der Waals surface area contributed by atoms with Gasteiger partial charge in [0.25, 0.3) is 0 Å². The molecule has 156 valence electrons. The third-order valence-corrected chi connectivity index (χ3v) is 6.88. The molecule has 1 spiro atoms. The van der Waals surface area contributed by atoms with E-state index in [1.807, 2.05) is 0 Å². The highest BCUT2D eigenvalue weighted by atomic mass is 32.2. The van der Waals surface area contributed by atoms with Crippen LogP contribution < -0.4 is 15.4 Å². The van der Waals surface area contributed by atoms with Crippen LogP contribution in [0.3, 0.4) is 0 Å². The van der Waals surface area contributed by atoms with Gasteiger partial charge in [0.15, 0.2) is 0 Å². The first kappa shape index (κ1) is 20.3. The average Bonchev–Trinajstić information content (AvgIpc) is 3.03. The molecule has 1 aromatic carbocycles. The van der Waals surface area contributed by atoms with Crippen molar-refractivity contribution in [3.8, 4) is 5.75 Å². The lowest BCUT2D eigenvalue weighted by Gasteiger charge is -2.42.